The monoisotopic (exact) mass is 306 g/mol. The molecule has 0 fully saturated rings. The molecule has 0 bridgehead atoms. The Bertz CT molecular complexity index is 606. The average Bonchev–Trinajstić information content (AvgIpc) is 3.09. The van der Waals surface area contributed by atoms with Gasteiger partial charge in [0.25, 0.3) is 0 Å². The maximum atomic E-state index is 12.0. The highest BCUT2D eigenvalue weighted by molar-refractivity contribution is 5.88. The number of amides is 2. The fourth-order valence-electron chi connectivity index (χ4n) is 2.18. The summed E-state index contributed by atoms with van der Waals surface area (Å²) in [5.74, 6) is 1.13. The normalized spacial score (nSPS) is 13.6. The van der Waals surface area contributed by atoms with Crippen molar-refractivity contribution in [1.29, 1.82) is 0 Å². The maximum Gasteiger partial charge on any atom is 0.320 e. The minimum absolute atomic E-state index is 0.209. The van der Waals surface area contributed by atoms with Crippen molar-refractivity contribution in [1.82, 2.24) is 15.1 Å². The molecule has 0 aromatic carbocycles. The van der Waals surface area contributed by atoms with Gasteiger partial charge in [0.2, 0.25) is 0 Å². The number of carbonyl (C=O) groups is 1. The highest BCUT2D eigenvalue weighted by Gasteiger charge is 2.17. The molecular formula is C15H22N4O3. The van der Waals surface area contributed by atoms with Crippen LogP contribution in [0.25, 0.3) is 0 Å². The van der Waals surface area contributed by atoms with Crippen LogP contribution in [-0.2, 0) is 13.5 Å². The van der Waals surface area contributed by atoms with Crippen molar-refractivity contribution in [3.05, 3.63) is 35.9 Å². The fraction of sp³-hybridized carbons (Fsp3) is 0.467. The van der Waals surface area contributed by atoms with Crippen molar-refractivity contribution in [3.63, 3.8) is 0 Å². The second-order valence-electron chi connectivity index (χ2n) is 5.26. The van der Waals surface area contributed by atoms with Crippen LogP contribution >= 0.6 is 0 Å². The summed E-state index contributed by atoms with van der Waals surface area (Å²) in [6.07, 6.45) is 1.95. The number of aryl methyl sites for hydroxylation is 2. The molecule has 0 aliphatic carbocycles. The van der Waals surface area contributed by atoms with Gasteiger partial charge in [0.05, 0.1) is 12.0 Å². The number of hydrogen-bond donors (Lipinski definition) is 3. The summed E-state index contributed by atoms with van der Waals surface area (Å²) in [6, 6.07) is 4.72. The van der Waals surface area contributed by atoms with E-state index in [0.29, 0.717) is 18.0 Å². The Kier molecular flexibility index (Phi) is 5.21. The van der Waals surface area contributed by atoms with E-state index in [1.807, 2.05) is 19.9 Å². The van der Waals surface area contributed by atoms with E-state index in [9.17, 15) is 9.90 Å². The highest BCUT2D eigenvalue weighted by atomic mass is 16.4. The van der Waals surface area contributed by atoms with Gasteiger partial charge in [-0.1, -0.05) is 6.92 Å². The third-order valence-electron chi connectivity index (χ3n) is 3.36. The lowest BCUT2D eigenvalue weighted by Gasteiger charge is -2.17. The van der Waals surface area contributed by atoms with Crippen LogP contribution in [0.15, 0.2) is 28.9 Å². The van der Waals surface area contributed by atoms with E-state index < -0.39 is 6.10 Å². The van der Waals surface area contributed by atoms with Gasteiger partial charge < -0.3 is 14.8 Å². The molecule has 22 heavy (non-hydrogen) atoms. The number of nitrogens with zero attached hydrogens (tertiary/aromatic N) is 2. The predicted octanol–water partition coefficient (Wildman–Crippen LogP) is 2.21. The van der Waals surface area contributed by atoms with E-state index in [4.69, 9.17) is 4.42 Å². The zero-order valence-corrected chi connectivity index (χ0v) is 13.0. The van der Waals surface area contributed by atoms with Crippen molar-refractivity contribution in [2.45, 2.75) is 38.8 Å². The van der Waals surface area contributed by atoms with E-state index in [0.717, 1.165) is 12.1 Å². The quantitative estimate of drug-likeness (QED) is 0.763. The van der Waals surface area contributed by atoms with Gasteiger partial charge in [-0.2, -0.15) is 5.10 Å². The van der Waals surface area contributed by atoms with Gasteiger partial charge in [0.15, 0.2) is 0 Å². The SMILES string of the molecule is CCc1cc(NC(=O)N[C@H](C)C[C@H](O)c2ccco2)n(C)n1. The number of rotatable bonds is 6. The van der Waals surface area contributed by atoms with Gasteiger partial charge >= 0.3 is 6.03 Å². The molecule has 7 heteroatoms. The minimum atomic E-state index is -0.742. The van der Waals surface area contributed by atoms with Crippen LogP contribution in [0.4, 0.5) is 10.6 Å². The van der Waals surface area contributed by atoms with Crippen molar-refractivity contribution in [2.75, 3.05) is 5.32 Å². The zero-order chi connectivity index (χ0) is 16.1. The number of nitrogens with one attached hydrogen (secondary N) is 2. The Balaban J connectivity index is 1.84. The lowest BCUT2D eigenvalue weighted by Crippen LogP contribution is -2.37. The van der Waals surface area contributed by atoms with Crippen molar-refractivity contribution in [2.24, 2.45) is 7.05 Å². The molecule has 2 atom stereocenters. The molecule has 2 aromatic rings. The number of hydrogen-bond acceptors (Lipinski definition) is 4. The van der Waals surface area contributed by atoms with E-state index in [-0.39, 0.29) is 12.1 Å². The Morgan fingerprint density at radius 2 is 2.32 bits per heavy atom. The van der Waals surface area contributed by atoms with Crippen LogP contribution in [0.1, 0.15) is 37.8 Å². The van der Waals surface area contributed by atoms with E-state index >= 15 is 0 Å². The number of aromatic nitrogens is 2. The summed E-state index contributed by atoms with van der Waals surface area (Å²) in [5, 5.41) is 19.8. The molecule has 0 unspecified atom stereocenters. The first-order chi connectivity index (χ1) is 10.5. The molecular weight excluding hydrogens is 284 g/mol. The Hall–Kier alpha value is -2.28. The second-order valence-corrected chi connectivity index (χ2v) is 5.26. The third kappa shape index (κ3) is 4.11. The molecule has 0 spiro atoms. The Morgan fingerprint density at radius 3 is 2.91 bits per heavy atom. The predicted molar refractivity (Wildman–Crippen MR) is 82.5 cm³/mol. The summed E-state index contributed by atoms with van der Waals surface area (Å²) in [5.41, 5.74) is 0.916. The van der Waals surface area contributed by atoms with Gasteiger partial charge in [0, 0.05) is 25.6 Å². The van der Waals surface area contributed by atoms with Crippen LogP contribution in [-0.4, -0.2) is 27.0 Å². The number of furan rings is 1. The van der Waals surface area contributed by atoms with Crippen LogP contribution in [0, 0.1) is 0 Å². The van der Waals surface area contributed by atoms with Gasteiger partial charge in [0.1, 0.15) is 17.7 Å². The van der Waals surface area contributed by atoms with E-state index in [1.54, 1.807) is 23.9 Å². The number of urea groups is 1. The van der Waals surface area contributed by atoms with Gasteiger partial charge in [-0.05, 0) is 25.5 Å². The Morgan fingerprint density at radius 1 is 1.55 bits per heavy atom. The number of carbonyl (C=O) groups excluding carboxylic acids is 1. The van der Waals surface area contributed by atoms with Crippen molar-refractivity contribution >= 4 is 11.8 Å². The number of anilines is 1. The molecule has 3 N–H and O–H groups in total. The molecule has 2 aromatic heterocycles. The molecule has 2 amide bonds. The van der Waals surface area contributed by atoms with Crippen LogP contribution < -0.4 is 10.6 Å². The van der Waals surface area contributed by atoms with Gasteiger partial charge in [-0.3, -0.25) is 10.00 Å². The Labute approximate surface area is 129 Å². The third-order valence-corrected chi connectivity index (χ3v) is 3.36. The largest absolute Gasteiger partial charge is 0.467 e. The molecule has 7 nitrogen and oxygen atoms in total. The topological polar surface area (TPSA) is 92.3 Å². The molecule has 0 aliphatic heterocycles. The molecule has 120 valence electrons. The first-order valence-corrected chi connectivity index (χ1v) is 7.31. The fourth-order valence-corrected chi connectivity index (χ4v) is 2.18. The summed E-state index contributed by atoms with van der Waals surface area (Å²) in [4.78, 5) is 12.0. The van der Waals surface area contributed by atoms with Crippen LogP contribution in [0.3, 0.4) is 0 Å². The molecule has 2 rings (SSSR count). The first-order valence-electron chi connectivity index (χ1n) is 7.31. The van der Waals surface area contributed by atoms with E-state index in [2.05, 4.69) is 15.7 Å². The summed E-state index contributed by atoms with van der Waals surface area (Å²) < 4.78 is 6.76. The molecule has 0 saturated heterocycles. The minimum Gasteiger partial charge on any atom is -0.467 e. The van der Waals surface area contributed by atoms with Crippen LogP contribution in [0.2, 0.25) is 0 Å². The van der Waals surface area contributed by atoms with Crippen molar-refractivity contribution in [3.8, 4) is 0 Å². The first kappa shape index (κ1) is 16.1. The lowest BCUT2D eigenvalue weighted by atomic mass is 10.1. The van der Waals surface area contributed by atoms with Gasteiger partial charge in [-0.25, -0.2) is 4.79 Å². The summed E-state index contributed by atoms with van der Waals surface area (Å²) in [7, 11) is 1.78. The van der Waals surface area contributed by atoms with Crippen LogP contribution in [0.5, 0.6) is 0 Å². The lowest BCUT2D eigenvalue weighted by molar-refractivity contribution is 0.130. The smallest absolute Gasteiger partial charge is 0.320 e. The average molecular weight is 306 g/mol. The zero-order valence-electron chi connectivity index (χ0n) is 13.0. The summed E-state index contributed by atoms with van der Waals surface area (Å²) in [6.45, 7) is 3.83. The molecule has 0 radical (unpaired) electrons. The summed E-state index contributed by atoms with van der Waals surface area (Å²) >= 11 is 0. The molecule has 0 saturated carbocycles. The molecule has 2 heterocycles. The number of aliphatic hydroxyl groups is 1. The van der Waals surface area contributed by atoms with Gasteiger partial charge in [-0.15, -0.1) is 0 Å². The number of aliphatic hydroxyl groups excluding tert-OH is 1. The van der Waals surface area contributed by atoms with Crippen molar-refractivity contribution < 1.29 is 14.3 Å². The maximum absolute atomic E-state index is 12.0. The molecule has 0 aliphatic rings. The van der Waals surface area contributed by atoms with E-state index in [1.165, 1.54) is 6.26 Å². The highest BCUT2D eigenvalue weighted by Crippen LogP contribution is 2.18. The standard InChI is InChI=1S/C15H22N4O3/c1-4-11-9-14(19(3)18-11)17-15(21)16-10(2)8-12(20)13-6-5-7-22-13/h5-7,9-10,12,20H,4,8H2,1-3H3,(H2,16,17,21)/t10-,12+/m1/s1. The second kappa shape index (κ2) is 7.13.